The molecule has 0 amide bonds. The fraction of sp³-hybridized carbons (Fsp3) is 0.118. The highest BCUT2D eigenvalue weighted by molar-refractivity contribution is 5.84. The number of nitrogens with one attached hydrogen (secondary N) is 1. The van der Waals surface area contributed by atoms with E-state index in [1.54, 1.807) is 0 Å². The lowest BCUT2D eigenvalue weighted by molar-refractivity contribution is -0.141. The Hall–Kier alpha value is -3.17. The van der Waals surface area contributed by atoms with Crippen LogP contribution in [0.3, 0.4) is 0 Å². The van der Waals surface area contributed by atoms with Crippen molar-refractivity contribution in [3.8, 4) is 22.3 Å². The maximum Gasteiger partial charge on any atom is 0.433 e. The molecule has 0 radical (unpaired) electrons. The molecule has 0 fully saturated rings. The highest BCUT2D eigenvalue weighted by atomic mass is 19.4. The number of nitrogens with zero attached hydrogens (tertiary/aromatic N) is 2. The van der Waals surface area contributed by atoms with Gasteiger partial charge in [0.05, 0.1) is 16.8 Å². The molecule has 0 aliphatic heterocycles. The topological polar surface area (TPSA) is 58.6 Å². The molecule has 140 valence electrons. The van der Waals surface area contributed by atoms with Crippen LogP contribution in [0.5, 0.6) is 0 Å². The summed E-state index contributed by atoms with van der Waals surface area (Å²) in [5.41, 5.74) is -3.59. The van der Waals surface area contributed by atoms with E-state index in [2.05, 4.69) is 10.1 Å². The number of pyridine rings is 1. The molecule has 1 aromatic carbocycles. The van der Waals surface area contributed by atoms with Gasteiger partial charge in [-0.3, -0.25) is 9.78 Å². The predicted octanol–water partition coefficient (Wildman–Crippen LogP) is 4.24. The first kappa shape index (κ1) is 18.6. The highest BCUT2D eigenvalue weighted by Gasteiger charge is 2.32. The monoisotopic (exact) mass is 385 g/mol. The average molecular weight is 385 g/mol. The van der Waals surface area contributed by atoms with Crippen LogP contribution in [-0.2, 0) is 6.18 Å². The zero-order valence-electron chi connectivity index (χ0n) is 13.5. The van der Waals surface area contributed by atoms with Gasteiger partial charge in [-0.2, -0.15) is 18.3 Å². The van der Waals surface area contributed by atoms with Crippen LogP contribution < -0.4 is 5.56 Å². The number of aromatic amines is 1. The molecule has 2 heterocycles. The van der Waals surface area contributed by atoms with Gasteiger partial charge in [0.2, 0.25) is 0 Å². The molecule has 10 heteroatoms. The number of rotatable bonds is 2. The maximum absolute atomic E-state index is 14.2. The van der Waals surface area contributed by atoms with Crippen LogP contribution in [0.25, 0.3) is 22.3 Å². The van der Waals surface area contributed by atoms with Gasteiger partial charge in [0, 0.05) is 29.5 Å². The summed E-state index contributed by atoms with van der Waals surface area (Å²) >= 11 is 0. The minimum Gasteiger partial charge on any atom is -0.267 e. The van der Waals surface area contributed by atoms with Crippen LogP contribution in [0, 0.1) is 24.4 Å². The third kappa shape index (κ3) is 3.42. The Labute approximate surface area is 147 Å². The number of aryl methyl sites for hydroxylation is 1. The van der Waals surface area contributed by atoms with Crippen molar-refractivity contribution in [3.05, 3.63) is 69.7 Å². The molecule has 27 heavy (non-hydrogen) atoms. The van der Waals surface area contributed by atoms with E-state index in [-0.39, 0.29) is 16.8 Å². The van der Waals surface area contributed by atoms with Gasteiger partial charge in [-0.1, -0.05) is 6.07 Å². The van der Waals surface area contributed by atoms with E-state index in [1.165, 1.54) is 6.92 Å². The van der Waals surface area contributed by atoms with Gasteiger partial charge < -0.3 is 0 Å². The number of halogens is 6. The first-order valence-corrected chi connectivity index (χ1v) is 7.37. The van der Waals surface area contributed by atoms with E-state index in [4.69, 9.17) is 0 Å². The number of aromatic nitrogens is 3. The van der Waals surface area contributed by atoms with Crippen molar-refractivity contribution >= 4 is 0 Å². The molecule has 2 aromatic heterocycles. The van der Waals surface area contributed by atoms with E-state index >= 15 is 0 Å². The zero-order chi connectivity index (χ0) is 19.9. The molecular weight excluding hydrogens is 376 g/mol. The fourth-order valence-corrected chi connectivity index (χ4v) is 2.62. The molecule has 0 saturated carbocycles. The Kier molecular flexibility index (Phi) is 4.50. The van der Waals surface area contributed by atoms with Crippen molar-refractivity contribution in [3.63, 3.8) is 0 Å². The minimum absolute atomic E-state index is 0.0165. The van der Waals surface area contributed by atoms with Crippen molar-refractivity contribution in [2.45, 2.75) is 13.1 Å². The average Bonchev–Trinajstić information content (AvgIpc) is 2.56. The van der Waals surface area contributed by atoms with Crippen molar-refractivity contribution in [2.75, 3.05) is 0 Å². The molecule has 0 unspecified atom stereocenters. The second-order valence-electron chi connectivity index (χ2n) is 5.56. The van der Waals surface area contributed by atoms with E-state index in [1.807, 2.05) is 5.10 Å². The van der Waals surface area contributed by atoms with Gasteiger partial charge >= 0.3 is 6.18 Å². The number of hydrogen-bond acceptors (Lipinski definition) is 3. The second-order valence-corrected chi connectivity index (χ2v) is 5.56. The summed E-state index contributed by atoms with van der Waals surface area (Å²) in [6, 6.07) is 2.45. The summed E-state index contributed by atoms with van der Waals surface area (Å²) in [5.74, 6) is -3.87. The summed E-state index contributed by atoms with van der Waals surface area (Å²) < 4.78 is 79.7. The zero-order valence-corrected chi connectivity index (χ0v) is 13.5. The van der Waals surface area contributed by atoms with Gasteiger partial charge in [-0.25, -0.2) is 18.3 Å². The van der Waals surface area contributed by atoms with Crippen LogP contribution in [0.4, 0.5) is 26.3 Å². The second kappa shape index (κ2) is 6.53. The largest absolute Gasteiger partial charge is 0.433 e. The van der Waals surface area contributed by atoms with Crippen molar-refractivity contribution in [1.82, 2.24) is 15.2 Å². The third-order valence-corrected chi connectivity index (χ3v) is 3.76. The Morgan fingerprint density at radius 3 is 2.11 bits per heavy atom. The number of benzene rings is 1. The third-order valence-electron chi connectivity index (χ3n) is 3.76. The molecular formula is C17H9F6N3O. The summed E-state index contributed by atoms with van der Waals surface area (Å²) in [6.45, 7) is 1.38. The molecule has 1 N–H and O–H groups in total. The molecule has 0 spiro atoms. The molecule has 0 atom stereocenters. The highest BCUT2D eigenvalue weighted by Crippen LogP contribution is 2.35. The quantitative estimate of drug-likeness (QED) is 0.672. The summed E-state index contributed by atoms with van der Waals surface area (Å²) in [4.78, 5) is 15.5. The van der Waals surface area contributed by atoms with Gasteiger partial charge in [0.1, 0.15) is 23.1 Å². The molecule has 3 rings (SSSR count). The Balaban J connectivity index is 2.30. The Morgan fingerprint density at radius 1 is 0.963 bits per heavy atom. The molecule has 0 bridgehead atoms. The van der Waals surface area contributed by atoms with E-state index < -0.39 is 46.0 Å². The van der Waals surface area contributed by atoms with Crippen molar-refractivity contribution in [2.24, 2.45) is 0 Å². The first-order chi connectivity index (χ1) is 12.6. The number of hydrogen-bond donors (Lipinski definition) is 1. The lowest BCUT2D eigenvalue weighted by atomic mass is 9.95. The minimum atomic E-state index is -4.68. The lowest BCUT2D eigenvalue weighted by Crippen LogP contribution is -2.16. The standard InChI is InChI=1S/C17H9F6N3O/c1-7-13(8-2-3-12(24-6-8)17(21,22)23)15(16(27)26-25-7)14-10(19)4-9(18)5-11(14)20/h2-6H,1H3,(H,26,27). The Bertz CT molecular complexity index is 1050. The van der Waals surface area contributed by atoms with E-state index in [9.17, 15) is 31.1 Å². The van der Waals surface area contributed by atoms with Crippen LogP contribution in [-0.4, -0.2) is 15.2 Å². The number of H-pyrrole nitrogens is 1. The molecule has 3 aromatic rings. The SMILES string of the molecule is Cc1n[nH]c(=O)c(-c2c(F)cc(F)cc2F)c1-c1ccc(C(F)(F)F)nc1. The Morgan fingerprint density at radius 2 is 1.59 bits per heavy atom. The van der Waals surface area contributed by atoms with Crippen LogP contribution >= 0.6 is 0 Å². The lowest BCUT2D eigenvalue weighted by Gasteiger charge is -2.13. The molecule has 0 aliphatic rings. The molecule has 4 nitrogen and oxygen atoms in total. The van der Waals surface area contributed by atoms with E-state index in [0.29, 0.717) is 18.2 Å². The van der Waals surface area contributed by atoms with E-state index in [0.717, 1.165) is 12.3 Å². The molecule has 0 aliphatic carbocycles. The van der Waals surface area contributed by atoms with Crippen molar-refractivity contribution in [1.29, 1.82) is 0 Å². The fourth-order valence-electron chi connectivity index (χ4n) is 2.62. The number of alkyl halides is 3. The van der Waals surface area contributed by atoms with Gasteiger partial charge in [0.15, 0.2) is 0 Å². The van der Waals surface area contributed by atoms with Gasteiger partial charge in [-0.05, 0) is 13.0 Å². The summed E-state index contributed by atoms with van der Waals surface area (Å²) in [5, 5.41) is 5.73. The van der Waals surface area contributed by atoms with Gasteiger partial charge in [0.25, 0.3) is 5.56 Å². The van der Waals surface area contributed by atoms with Crippen LogP contribution in [0.2, 0.25) is 0 Å². The van der Waals surface area contributed by atoms with Crippen molar-refractivity contribution < 1.29 is 26.3 Å². The maximum atomic E-state index is 14.2. The summed E-state index contributed by atoms with van der Waals surface area (Å²) in [7, 11) is 0. The normalized spacial score (nSPS) is 11.7. The van der Waals surface area contributed by atoms with Gasteiger partial charge in [-0.15, -0.1) is 0 Å². The first-order valence-electron chi connectivity index (χ1n) is 7.37. The summed E-state index contributed by atoms with van der Waals surface area (Å²) in [6.07, 6.45) is -3.87. The van der Waals surface area contributed by atoms with Crippen LogP contribution in [0.15, 0.2) is 35.3 Å². The predicted molar refractivity (Wildman–Crippen MR) is 83.1 cm³/mol. The molecule has 0 saturated heterocycles. The smallest absolute Gasteiger partial charge is 0.267 e. The van der Waals surface area contributed by atoms with Crippen LogP contribution in [0.1, 0.15) is 11.4 Å².